The summed E-state index contributed by atoms with van der Waals surface area (Å²) in [6.45, 7) is 0. The number of para-hydroxylation sites is 1. The zero-order valence-electron chi connectivity index (χ0n) is 8.32. The van der Waals surface area contributed by atoms with Crippen molar-refractivity contribution in [1.82, 2.24) is 5.16 Å². The Labute approximate surface area is 93.4 Å². The van der Waals surface area contributed by atoms with Gasteiger partial charge in [-0.05, 0) is 12.1 Å². The van der Waals surface area contributed by atoms with Gasteiger partial charge in [-0.15, -0.1) is 0 Å². The lowest BCUT2D eigenvalue weighted by Crippen LogP contribution is -2.05. The van der Waals surface area contributed by atoms with Gasteiger partial charge in [0.25, 0.3) is 0 Å². The van der Waals surface area contributed by atoms with Crippen molar-refractivity contribution in [2.24, 2.45) is 0 Å². The van der Waals surface area contributed by atoms with Crippen LogP contribution >= 0.6 is 0 Å². The summed E-state index contributed by atoms with van der Waals surface area (Å²) < 4.78 is 42.3. The maximum Gasteiger partial charge on any atom is 0.419 e. The zero-order chi connectivity index (χ0) is 12.6. The molecule has 1 aromatic heterocycles. The highest BCUT2D eigenvalue weighted by Crippen LogP contribution is 2.41. The molecule has 0 bridgehead atoms. The molecule has 0 aliphatic rings. The summed E-state index contributed by atoms with van der Waals surface area (Å²) in [4.78, 5) is 0. The maximum atomic E-state index is 12.5. The molecular formula is C10H7F3N2O2. The molecule has 1 aromatic carbocycles. The lowest BCUT2D eigenvalue weighted by Gasteiger charge is -2.10. The molecule has 0 radical (unpaired) electrons. The number of alkyl halides is 3. The molecule has 4 nitrogen and oxygen atoms in total. The number of hydrogen-bond acceptors (Lipinski definition) is 4. The van der Waals surface area contributed by atoms with Crippen molar-refractivity contribution >= 4 is 5.82 Å². The Bertz CT molecular complexity index is 549. The number of nitrogens with two attached hydrogens (primary N) is 1. The standard InChI is InChI=1S/C10H7F3N2O2/c11-10(12,13)6-3-1-2-5(9(6)16)7-4-8(14)15-17-7/h1-4,16H,(H2,14,15). The molecule has 0 aliphatic heterocycles. The molecule has 17 heavy (non-hydrogen) atoms. The van der Waals surface area contributed by atoms with Crippen LogP contribution in [0.2, 0.25) is 0 Å². The van der Waals surface area contributed by atoms with Crippen LogP contribution < -0.4 is 5.73 Å². The second-order valence-electron chi connectivity index (χ2n) is 3.32. The van der Waals surface area contributed by atoms with Gasteiger partial charge in [-0.3, -0.25) is 0 Å². The van der Waals surface area contributed by atoms with E-state index < -0.39 is 17.5 Å². The minimum absolute atomic E-state index is 0.0221. The number of halogens is 3. The first kappa shape index (κ1) is 11.3. The van der Waals surface area contributed by atoms with Crippen molar-refractivity contribution in [2.45, 2.75) is 6.18 Å². The average molecular weight is 244 g/mol. The molecule has 3 N–H and O–H groups in total. The number of aromatic nitrogens is 1. The first-order chi connectivity index (χ1) is 7.89. The van der Waals surface area contributed by atoms with Crippen molar-refractivity contribution in [2.75, 3.05) is 5.73 Å². The Kier molecular flexibility index (Phi) is 2.45. The first-order valence-corrected chi connectivity index (χ1v) is 4.51. The minimum atomic E-state index is -4.63. The van der Waals surface area contributed by atoms with Gasteiger partial charge in [-0.1, -0.05) is 11.2 Å². The third-order valence-electron chi connectivity index (χ3n) is 2.14. The summed E-state index contributed by atoms with van der Waals surface area (Å²) in [5.41, 5.74) is 4.04. The summed E-state index contributed by atoms with van der Waals surface area (Å²) in [7, 11) is 0. The molecule has 1 heterocycles. The van der Waals surface area contributed by atoms with E-state index >= 15 is 0 Å². The molecule has 0 atom stereocenters. The Hall–Kier alpha value is -2.18. The number of benzene rings is 1. The average Bonchev–Trinajstić information content (AvgIpc) is 2.63. The van der Waals surface area contributed by atoms with Gasteiger partial charge in [0.2, 0.25) is 0 Å². The molecule has 7 heteroatoms. The molecular weight excluding hydrogens is 237 g/mol. The molecule has 0 aliphatic carbocycles. The van der Waals surface area contributed by atoms with Gasteiger partial charge in [-0.2, -0.15) is 13.2 Å². The monoisotopic (exact) mass is 244 g/mol. The number of rotatable bonds is 1. The number of phenolic OH excluding ortho intramolecular Hbond substituents is 1. The lowest BCUT2D eigenvalue weighted by atomic mass is 10.1. The zero-order valence-corrected chi connectivity index (χ0v) is 8.32. The van der Waals surface area contributed by atoms with E-state index in [-0.39, 0.29) is 17.1 Å². The molecule has 0 spiro atoms. The van der Waals surface area contributed by atoms with Crippen molar-refractivity contribution in [3.05, 3.63) is 29.8 Å². The maximum absolute atomic E-state index is 12.5. The fourth-order valence-corrected chi connectivity index (χ4v) is 1.39. The molecule has 2 aromatic rings. The van der Waals surface area contributed by atoms with Crippen LogP contribution in [0.4, 0.5) is 19.0 Å². The largest absolute Gasteiger partial charge is 0.507 e. The van der Waals surface area contributed by atoms with Crippen LogP contribution in [-0.2, 0) is 6.18 Å². The summed E-state index contributed by atoms with van der Waals surface area (Å²) in [5, 5.41) is 12.9. The summed E-state index contributed by atoms with van der Waals surface area (Å²) in [6.07, 6.45) is -4.63. The quantitative estimate of drug-likeness (QED) is 0.808. The molecule has 0 saturated carbocycles. The Morgan fingerprint density at radius 2 is 2.00 bits per heavy atom. The Morgan fingerprint density at radius 3 is 2.53 bits per heavy atom. The predicted molar refractivity (Wildman–Crippen MR) is 53.0 cm³/mol. The molecule has 90 valence electrons. The van der Waals surface area contributed by atoms with E-state index in [0.717, 1.165) is 12.1 Å². The summed E-state index contributed by atoms with van der Waals surface area (Å²) in [6, 6.07) is 4.45. The van der Waals surface area contributed by atoms with Crippen LogP contribution in [0.25, 0.3) is 11.3 Å². The van der Waals surface area contributed by atoms with Gasteiger partial charge in [0.05, 0.1) is 11.1 Å². The van der Waals surface area contributed by atoms with E-state index in [1.807, 2.05) is 0 Å². The van der Waals surface area contributed by atoms with Crippen LogP contribution in [-0.4, -0.2) is 10.3 Å². The molecule has 0 amide bonds. The van der Waals surface area contributed by atoms with E-state index in [1.165, 1.54) is 12.1 Å². The highest BCUT2D eigenvalue weighted by atomic mass is 19.4. The molecule has 0 unspecified atom stereocenters. The fraction of sp³-hybridized carbons (Fsp3) is 0.100. The number of anilines is 1. The van der Waals surface area contributed by atoms with Crippen LogP contribution in [0.1, 0.15) is 5.56 Å². The smallest absolute Gasteiger partial charge is 0.419 e. The number of nitrogen functional groups attached to an aromatic ring is 1. The molecule has 2 rings (SSSR count). The number of hydrogen-bond donors (Lipinski definition) is 2. The van der Waals surface area contributed by atoms with E-state index in [0.29, 0.717) is 0 Å². The summed E-state index contributed by atoms with van der Waals surface area (Å²) in [5.74, 6) is -0.904. The van der Waals surface area contributed by atoms with E-state index in [2.05, 4.69) is 5.16 Å². The predicted octanol–water partition coefficient (Wildman–Crippen LogP) is 2.65. The summed E-state index contributed by atoms with van der Waals surface area (Å²) >= 11 is 0. The van der Waals surface area contributed by atoms with Gasteiger partial charge in [-0.25, -0.2) is 0 Å². The van der Waals surface area contributed by atoms with Crippen molar-refractivity contribution in [1.29, 1.82) is 0 Å². The van der Waals surface area contributed by atoms with Crippen molar-refractivity contribution < 1.29 is 22.8 Å². The second-order valence-corrected chi connectivity index (χ2v) is 3.32. The van der Waals surface area contributed by atoms with Crippen LogP contribution in [0, 0.1) is 0 Å². The fourth-order valence-electron chi connectivity index (χ4n) is 1.39. The highest BCUT2D eigenvalue weighted by Gasteiger charge is 2.35. The molecule has 0 saturated heterocycles. The number of aromatic hydroxyl groups is 1. The topological polar surface area (TPSA) is 72.3 Å². The van der Waals surface area contributed by atoms with Gasteiger partial charge in [0.1, 0.15) is 5.75 Å². The van der Waals surface area contributed by atoms with Gasteiger partial charge < -0.3 is 15.4 Å². The third kappa shape index (κ3) is 2.03. The van der Waals surface area contributed by atoms with Crippen molar-refractivity contribution in [3.8, 4) is 17.1 Å². The SMILES string of the molecule is Nc1cc(-c2cccc(C(F)(F)F)c2O)on1. The Balaban J connectivity index is 2.57. The number of nitrogens with zero attached hydrogens (tertiary/aromatic N) is 1. The van der Waals surface area contributed by atoms with Gasteiger partial charge >= 0.3 is 6.18 Å². The molecule has 0 fully saturated rings. The van der Waals surface area contributed by atoms with Crippen LogP contribution in [0.3, 0.4) is 0 Å². The second kappa shape index (κ2) is 3.69. The van der Waals surface area contributed by atoms with Gasteiger partial charge in [0.15, 0.2) is 11.6 Å². The van der Waals surface area contributed by atoms with E-state index in [9.17, 15) is 18.3 Å². The number of phenols is 1. The van der Waals surface area contributed by atoms with E-state index in [1.54, 1.807) is 0 Å². The highest BCUT2D eigenvalue weighted by molar-refractivity contribution is 5.69. The van der Waals surface area contributed by atoms with E-state index in [4.69, 9.17) is 10.3 Å². The van der Waals surface area contributed by atoms with Crippen LogP contribution in [0.15, 0.2) is 28.8 Å². The minimum Gasteiger partial charge on any atom is -0.507 e. The lowest BCUT2D eigenvalue weighted by molar-refractivity contribution is -0.138. The Morgan fingerprint density at radius 1 is 1.29 bits per heavy atom. The normalized spacial score (nSPS) is 11.7. The van der Waals surface area contributed by atoms with Gasteiger partial charge in [0, 0.05) is 6.07 Å². The van der Waals surface area contributed by atoms with Crippen molar-refractivity contribution in [3.63, 3.8) is 0 Å². The third-order valence-corrected chi connectivity index (χ3v) is 2.14. The van der Waals surface area contributed by atoms with Crippen LogP contribution in [0.5, 0.6) is 5.75 Å². The first-order valence-electron chi connectivity index (χ1n) is 4.51.